The Morgan fingerprint density at radius 3 is 3.14 bits per heavy atom. The molecule has 1 aromatic heterocycles. The molecule has 6 nitrogen and oxygen atoms in total. The number of hydrogen-bond acceptors (Lipinski definition) is 4. The van der Waals surface area contributed by atoms with E-state index in [1.807, 2.05) is 0 Å². The fraction of sp³-hybridized carbons (Fsp3) is 0.750. The second kappa shape index (κ2) is 7.24. The van der Waals surface area contributed by atoms with Crippen LogP contribution in [0.3, 0.4) is 0 Å². The SMILES string of the molecule is CN(Cc1n[nH]c2c1CCC2)C(=O)COCC1CCCCO1. The molecule has 0 spiro atoms. The van der Waals surface area contributed by atoms with Gasteiger partial charge in [0.2, 0.25) is 5.91 Å². The van der Waals surface area contributed by atoms with Crippen molar-refractivity contribution in [3.05, 3.63) is 17.0 Å². The first-order valence-electron chi connectivity index (χ1n) is 8.22. The molecule has 22 heavy (non-hydrogen) atoms. The van der Waals surface area contributed by atoms with Gasteiger partial charge in [-0.2, -0.15) is 5.10 Å². The highest BCUT2D eigenvalue weighted by atomic mass is 16.5. The van der Waals surface area contributed by atoms with E-state index in [1.54, 1.807) is 11.9 Å². The molecule has 2 heterocycles. The number of hydrogen-bond donors (Lipinski definition) is 1. The van der Waals surface area contributed by atoms with Gasteiger partial charge in [0.25, 0.3) is 0 Å². The second-order valence-corrected chi connectivity index (χ2v) is 6.23. The molecule has 1 amide bonds. The molecule has 1 unspecified atom stereocenters. The summed E-state index contributed by atoms with van der Waals surface area (Å²) in [5.41, 5.74) is 3.54. The summed E-state index contributed by atoms with van der Waals surface area (Å²) < 4.78 is 11.1. The van der Waals surface area contributed by atoms with E-state index in [2.05, 4.69) is 10.2 Å². The molecule has 1 aromatic rings. The smallest absolute Gasteiger partial charge is 0.248 e. The third kappa shape index (κ3) is 3.67. The molecule has 6 heteroatoms. The van der Waals surface area contributed by atoms with Gasteiger partial charge in [0, 0.05) is 19.3 Å². The predicted octanol–water partition coefficient (Wildman–Crippen LogP) is 1.44. The molecule has 1 aliphatic carbocycles. The monoisotopic (exact) mass is 307 g/mol. The van der Waals surface area contributed by atoms with Crippen molar-refractivity contribution in [2.75, 3.05) is 26.9 Å². The van der Waals surface area contributed by atoms with Gasteiger partial charge in [0.15, 0.2) is 0 Å². The standard InChI is InChI=1S/C16H25N3O3/c1-19(9-15-13-6-4-7-14(13)17-18-15)16(20)11-21-10-12-5-2-3-8-22-12/h12H,2-11H2,1H3,(H,17,18). The second-order valence-electron chi connectivity index (χ2n) is 6.23. The van der Waals surface area contributed by atoms with Crippen LogP contribution in [0.15, 0.2) is 0 Å². The zero-order chi connectivity index (χ0) is 15.4. The lowest BCUT2D eigenvalue weighted by molar-refractivity contribution is -0.137. The summed E-state index contributed by atoms with van der Waals surface area (Å²) in [4.78, 5) is 13.8. The number of amides is 1. The number of H-pyrrole nitrogens is 1. The van der Waals surface area contributed by atoms with E-state index in [4.69, 9.17) is 9.47 Å². The molecule has 3 rings (SSSR count). The van der Waals surface area contributed by atoms with Gasteiger partial charge in [-0.25, -0.2) is 0 Å². The van der Waals surface area contributed by atoms with Crippen molar-refractivity contribution in [3.8, 4) is 0 Å². The van der Waals surface area contributed by atoms with Crippen molar-refractivity contribution in [2.45, 2.75) is 51.2 Å². The van der Waals surface area contributed by atoms with Crippen LogP contribution in [0.1, 0.15) is 42.6 Å². The van der Waals surface area contributed by atoms with Crippen molar-refractivity contribution in [1.29, 1.82) is 0 Å². The maximum Gasteiger partial charge on any atom is 0.248 e. The van der Waals surface area contributed by atoms with E-state index < -0.39 is 0 Å². The highest BCUT2D eigenvalue weighted by molar-refractivity contribution is 5.77. The Balaban J connectivity index is 1.41. The van der Waals surface area contributed by atoms with E-state index >= 15 is 0 Å². The highest BCUT2D eigenvalue weighted by Gasteiger charge is 2.21. The maximum absolute atomic E-state index is 12.1. The van der Waals surface area contributed by atoms with Gasteiger partial charge in [-0.3, -0.25) is 9.89 Å². The largest absolute Gasteiger partial charge is 0.376 e. The van der Waals surface area contributed by atoms with Gasteiger partial charge in [0.05, 0.1) is 24.9 Å². The molecule has 2 aliphatic rings. The van der Waals surface area contributed by atoms with Crippen LogP contribution < -0.4 is 0 Å². The Hall–Kier alpha value is -1.40. The Bertz CT molecular complexity index is 509. The minimum atomic E-state index is -0.00874. The lowest BCUT2D eigenvalue weighted by atomic mass is 10.1. The van der Waals surface area contributed by atoms with E-state index in [-0.39, 0.29) is 18.6 Å². The first-order chi connectivity index (χ1) is 10.7. The predicted molar refractivity (Wildman–Crippen MR) is 81.5 cm³/mol. The minimum Gasteiger partial charge on any atom is -0.376 e. The van der Waals surface area contributed by atoms with Crippen molar-refractivity contribution < 1.29 is 14.3 Å². The number of rotatable bonds is 6. The van der Waals surface area contributed by atoms with Gasteiger partial charge in [0.1, 0.15) is 6.61 Å². The number of fused-ring (bicyclic) bond motifs is 1. The number of nitrogens with one attached hydrogen (secondary N) is 1. The van der Waals surface area contributed by atoms with Crippen LogP contribution >= 0.6 is 0 Å². The van der Waals surface area contributed by atoms with Gasteiger partial charge in [-0.05, 0) is 44.1 Å². The number of carbonyl (C=O) groups is 1. The van der Waals surface area contributed by atoms with Gasteiger partial charge in [-0.15, -0.1) is 0 Å². The molecular formula is C16H25N3O3. The van der Waals surface area contributed by atoms with Crippen molar-refractivity contribution in [1.82, 2.24) is 15.1 Å². The van der Waals surface area contributed by atoms with E-state index in [0.717, 1.165) is 38.0 Å². The molecule has 0 saturated carbocycles. The van der Waals surface area contributed by atoms with E-state index in [9.17, 15) is 4.79 Å². The summed E-state index contributed by atoms with van der Waals surface area (Å²) in [6.45, 7) is 1.99. The summed E-state index contributed by atoms with van der Waals surface area (Å²) in [5, 5.41) is 7.42. The average molecular weight is 307 g/mol. The number of ether oxygens (including phenoxy) is 2. The molecule has 122 valence electrons. The summed E-state index contributed by atoms with van der Waals surface area (Å²) in [6.07, 6.45) is 6.82. The van der Waals surface area contributed by atoms with Crippen LogP contribution in [-0.2, 0) is 33.7 Å². The molecule has 1 saturated heterocycles. The number of aromatic nitrogens is 2. The normalized spacial score (nSPS) is 20.9. The van der Waals surface area contributed by atoms with Gasteiger partial charge >= 0.3 is 0 Å². The quantitative estimate of drug-likeness (QED) is 0.863. The fourth-order valence-corrected chi connectivity index (χ4v) is 3.16. The van der Waals surface area contributed by atoms with Crippen LogP contribution in [0, 0.1) is 0 Å². The van der Waals surface area contributed by atoms with Crippen LogP contribution in [0.2, 0.25) is 0 Å². The van der Waals surface area contributed by atoms with Crippen molar-refractivity contribution in [2.24, 2.45) is 0 Å². The Labute approximate surface area is 131 Å². The third-order valence-corrected chi connectivity index (χ3v) is 4.51. The minimum absolute atomic E-state index is 0.00874. The van der Waals surface area contributed by atoms with Gasteiger partial charge in [-0.1, -0.05) is 0 Å². The van der Waals surface area contributed by atoms with Crippen LogP contribution in [0.5, 0.6) is 0 Å². The Morgan fingerprint density at radius 1 is 1.41 bits per heavy atom. The molecule has 0 bridgehead atoms. The van der Waals surface area contributed by atoms with E-state index in [1.165, 1.54) is 24.1 Å². The summed E-state index contributed by atoms with van der Waals surface area (Å²) >= 11 is 0. The zero-order valence-electron chi connectivity index (χ0n) is 13.3. The summed E-state index contributed by atoms with van der Waals surface area (Å²) in [6, 6.07) is 0. The summed E-state index contributed by atoms with van der Waals surface area (Å²) in [5.74, 6) is -0.00874. The topological polar surface area (TPSA) is 67.5 Å². The molecule has 1 aliphatic heterocycles. The van der Waals surface area contributed by atoms with Crippen molar-refractivity contribution >= 4 is 5.91 Å². The highest BCUT2D eigenvalue weighted by Crippen LogP contribution is 2.23. The van der Waals surface area contributed by atoms with Crippen LogP contribution in [0.4, 0.5) is 0 Å². The lowest BCUT2D eigenvalue weighted by Gasteiger charge is -2.23. The van der Waals surface area contributed by atoms with Crippen LogP contribution in [0.25, 0.3) is 0 Å². The molecule has 0 aromatic carbocycles. The lowest BCUT2D eigenvalue weighted by Crippen LogP contribution is -2.32. The summed E-state index contributed by atoms with van der Waals surface area (Å²) in [7, 11) is 1.80. The number of carbonyl (C=O) groups excluding carboxylic acids is 1. The van der Waals surface area contributed by atoms with Gasteiger partial charge < -0.3 is 14.4 Å². The van der Waals surface area contributed by atoms with Crippen LogP contribution in [-0.4, -0.2) is 54.0 Å². The number of nitrogens with zero attached hydrogens (tertiary/aromatic N) is 2. The average Bonchev–Trinajstić information content (AvgIpc) is 3.13. The van der Waals surface area contributed by atoms with E-state index in [0.29, 0.717) is 13.2 Å². The Morgan fingerprint density at radius 2 is 2.32 bits per heavy atom. The first-order valence-corrected chi connectivity index (χ1v) is 8.22. The molecular weight excluding hydrogens is 282 g/mol. The van der Waals surface area contributed by atoms with Crippen molar-refractivity contribution in [3.63, 3.8) is 0 Å². The zero-order valence-corrected chi connectivity index (χ0v) is 13.3. The molecule has 0 radical (unpaired) electrons. The number of likely N-dealkylation sites (N-methyl/N-ethyl adjacent to an activating group) is 1. The number of aromatic amines is 1. The molecule has 1 atom stereocenters. The Kier molecular flexibility index (Phi) is 5.10. The molecule has 1 fully saturated rings. The molecule has 1 N–H and O–H groups in total. The first kappa shape index (κ1) is 15.5. The third-order valence-electron chi connectivity index (χ3n) is 4.51. The maximum atomic E-state index is 12.1. The fourth-order valence-electron chi connectivity index (χ4n) is 3.16. The number of aryl methyl sites for hydroxylation is 1.